The summed E-state index contributed by atoms with van der Waals surface area (Å²) in [6, 6.07) is 4.00. The number of hydrogen-bond acceptors (Lipinski definition) is 4. The molecule has 1 aromatic heterocycles. The van der Waals surface area contributed by atoms with Crippen LogP contribution in [0.3, 0.4) is 0 Å². The highest BCUT2D eigenvalue weighted by Crippen LogP contribution is 2.25. The topological polar surface area (TPSA) is 54.6 Å². The van der Waals surface area contributed by atoms with E-state index in [0.717, 1.165) is 24.5 Å². The molecule has 1 aliphatic rings. The Morgan fingerprint density at radius 3 is 2.62 bits per heavy atom. The van der Waals surface area contributed by atoms with Crippen molar-refractivity contribution in [3.05, 3.63) is 23.7 Å². The second-order valence-corrected chi connectivity index (χ2v) is 4.48. The van der Waals surface area contributed by atoms with Crippen molar-refractivity contribution >= 4 is 0 Å². The first-order valence-corrected chi connectivity index (χ1v) is 5.75. The molecule has 1 fully saturated rings. The lowest BCUT2D eigenvalue weighted by atomic mass is 9.87. The van der Waals surface area contributed by atoms with Crippen molar-refractivity contribution in [1.82, 2.24) is 5.32 Å². The summed E-state index contributed by atoms with van der Waals surface area (Å²) in [7, 11) is 0. The summed E-state index contributed by atoms with van der Waals surface area (Å²) in [5.74, 6) is 1.96. The van der Waals surface area contributed by atoms with E-state index in [1.54, 1.807) is 0 Å². The Morgan fingerprint density at radius 1 is 1.38 bits per heavy atom. The highest BCUT2D eigenvalue weighted by molar-refractivity contribution is 5.06. The van der Waals surface area contributed by atoms with E-state index in [-0.39, 0.29) is 12.0 Å². The van der Waals surface area contributed by atoms with Gasteiger partial charge in [-0.2, -0.15) is 0 Å². The fourth-order valence-corrected chi connectivity index (χ4v) is 1.80. The third-order valence-electron chi connectivity index (χ3n) is 3.02. The molecule has 0 bridgehead atoms. The van der Waals surface area contributed by atoms with E-state index in [0.29, 0.717) is 19.8 Å². The van der Waals surface area contributed by atoms with Gasteiger partial charge < -0.3 is 19.6 Å². The van der Waals surface area contributed by atoms with E-state index in [4.69, 9.17) is 9.15 Å². The zero-order valence-electron chi connectivity index (χ0n) is 9.66. The molecule has 0 atom stereocenters. The van der Waals surface area contributed by atoms with Crippen molar-refractivity contribution < 1.29 is 14.3 Å². The maximum Gasteiger partial charge on any atom is 0.117 e. The van der Waals surface area contributed by atoms with Gasteiger partial charge in [0.15, 0.2) is 0 Å². The number of aliphatic hydroxyl groups excluding tert-OH is 1. The second-order valence-electron chi connectivity index (χ2n) is 4.48. The first-order valence-electron chi connectivity index (χ1n) is 5.75. The SMILES string of the molecule is CCc1ccc(CNCC2(CO)COC2)o1. The van der Waals surface area contributed by atoms with E-state index >= 15 is 0 Å². The Bertz CT molecular complexity index is 325. The fourth-order valence-electron chi connectivity index (χ4n) is 1.80. The summed E-state index contributed by atoms with van der Waals surface area (Å²) in [6.07, 6.45) is 0.925. The number of hydrogen-bond donors (Lipinski definition) is 2. The Labute approximate surface area is 95.6 Å². The van der Waals surface area contributed by atoms with Gasteiger partial charge in [-0.1, -0.05) is 6.92 Å². The number of rotatable bonds is 6. The Balaban J connectivity index is 1.75. The zero-order chi connectivity index (χ0) is 11.4. The Morgan fingerprint density at radius 2 is 2.12 bits per heavy atom. The van der Waals surface area contributed by atoms with Gasteiger partial charge in [0, 0.05) is 13.0 Å². The van der Waals surface area contributed by atoms with Gasteiger partial charge in [-0.15, -0.1) is 0 Å². The number of aliphatic hydroxyl groups is 1. The molecular weight excluding hydrogens is 206 g/mol. The van der Waals surface area contributed by atoms with Gasteiger partial charge in [0.05, 0.1) is 31.8 Å². The van der Waals surface area contributed by atoms with Crippen LogP contribution >= 0.6 is 0 Å². The van der Waals surface area contributed by atoms with Gasteiger partial charge in [-0.05, 0) is 12.1 Å². The second kappa shape index (κ2) is 4.99. The lowest BCUT2D eigenvalue weighted by Gasteiger charge is -2.39. The third-order valence-corrected chi connectivity index (χ3v) is 3.02. The largest absolute Gasteiger partial charge is 0.465 e. The predicted octanol–water partition coefficient (Wildman–Crippen LogP) is 0.940. The van der Waals surface area contributed by atoms with Gasteiger partial charge in [0.25, 0.3) is 0 Å². The quantitative estimate of drug-likeness (QED) is 0.756. The van der Waals surface area contributed by atoms with Crippen LogP contribution in [-0.4, -0.2) is 31.5 Å². The standard InChI is InChI=1S/C12H19NO3/c1-2-10-3-4-11(16-10)5-13-6-12(7-14)8-15-9-12/h3-4,13-14H,2,5-9H2,1H3. The summed E-state index contributed by atoms with van der Waals surface area (Å²) in [6.45, 7) is 5.03. The molecule has 0 unspecified atom stereocenters. The van der Waals surface area contributed by atoms with Crippen LogP contribution in [-0.2, 0) is 17.7 Å². The molecule has 0 aromatic carbocycles. The third kappa shape index (κ3) is 2.45. The summed E-state index contributed by atoms with van der Waals surface area (Å²) in [5.41, 5.74) is -0.0693. The first kappa shape index (κ1) is 11.6. The van der Waals surface area contributed by atoms with Crippen molar-refractivity contribution in [2.45, 2.75) is 19.9 Å². The normalized spacial score (nSPS) is 18.4. The van der Waals surface area contributed by atoms with Crippen molar-refractivity contribution in [2.24, 2.45) is 5.41 Å². The van der Waals surface area contributed by atoms with Gasteiger partial charge in [0.1, 0.15) is 11.5 Å². The molecule has 2 rings (SSSR count). The van der Waals surface area contributed by atoms with E-state index in [2.05, 4.69) is 12.2 Å². The molecule has 2 heterocycles. The highest BCUT2D eigenvalue weighted by Gasteiger charge is 2.37. The minimum atomic E-state index is -0.0693. The van der Waals surface area contributed by atoms with Crippen LogP contribution in [0.25, 0.3) is 0 Å². The van der Waals surface area contributed by atoms with Crippen LogP contribution in [0.1, 0.15) is 18.4 Å². The maximum atomic E-state index is 9.23. The van der Waals surface area contributed by atoms with Crippen molar-refractivity contribution in [2.75, 3.05) is 26.4 Å². The average Bonchev–Trinajstić information content (AvgIpc) is 2.70. The molecule has 0 aliphatic carbocycles. The van der Waals surface area contributed by atoms with Gasteiger partial charge >= 0.3 is 0 Å². The average molecular weight is 225 g/mol. The molecule has 0 amide bonds. The van der Waals surface area contributed by atoms with Gasteiger partial charge in [-0.25, -0.2) is 0 Å². The highest BCUT2D eigenvalue weighted by atomic mass is 16.5. The lowest BCUT2D eigenvalue weighted by Crippen LogP contribution is -2.52. The summed E-state index contributed by atoms with van der Waals surface area (Å²) >= 11 is 0. The van der Waals surface area contributed by atoms with E-state index in [1.807, 2.05) is 12.1 Å². The number of furan rings is 1. The van der Waals surface area contributed by atoms with Gasteiger partial charge in [0.2, 0.25) is 0 Å². The van der Waals surface area contributed by atoms with Crippen molar-refractivity contribution in [1.29, 1.82) is 0 Å². The molecule has 0 radical (unpaired) electrons. The summed E-state index contributed by atoms with van der Waals surface area (Å²) in [5, 5.41) is 12.5. The molecule has 16 heavy (non-hydrogen) atoms. The lowest BCUT2D eigenvalue weighted by molar-refractivity contribution is -0.134. The van der Waals surface area contributed by atoms with E-state index in [9.17, 15) is 5.11 Å². The van der Waals surface area contributed by atoms with E-state index in [1.165, 1.54) is 0 Å². The molecule has 1 aliphatic heterocycles. The molecule has 4 heteroatoms. The van der Waals surface area contributed by atoms with Crippen LogP contribution in [0.5, 0.6) is 0 Å². The molecule has 1 aromatic rings. The minimum Gasteiger partial charge on any atom is -0.465 e. The van der Waals surface area contributed by atoms with Crippen LogP contribution in [0.4, 0.5) is 0 Å². The van der Waals surface area contributed by atoms with Crippen LogP contribution in [0.15, 0.2) is 16.5 Å². The van der Waals surface area contributed by atoms with Crippen LogP contribution in [0, 0.1) is 5.41 Å². The predicted molar refractivity (Wildman–Crippen MR) is 60.1 cm³/mol. The van der Waals surface area contributed by atoms with Crippen molar-refractivity contribution in [3.8, 4) is 0 Å². The molecule has 90 valence electrons. The maximum absolute atomic E-state index is 9.23. The minimum absolute atomic E-state index is 0.0693. The molecule has 0 saturated carbocycles. The summed E-state index contributed by atoms with van der Waals surface area (Å²) < 4.78 is 10.7. The number of ether oxygens (including phenoxy) is 1. The number of aryl methyl sites for hydroxylation is 1. The summed E-state index contributed by atoms with van der Waals surface area (Å²) in [4.78, 5) is 0. The zero-order valence-corrected chi connectivity index (χ0v) is 9.66. The smallest absolute Gasteiger partial charge is 0.117 e. The van der Waals surface area contributed by atoms with Crippen molar-refractivity contribution in [3.63, 3.8) is 0 Å². The van der Waals surface area contributed by atoms with Gasteiger partial charge in [-0.3, -0.25) is 0 Å². The number of nitrogens with one attached hydrogen (secondary N) is 1. The van der Waals surface area contributed by atoms with Crippen LogP contribution < -0.4 is 5.32 Å². The Hall–Kier alpha value is -0.840. The first-order chi connectivity index (χ1) is 7.78. The molecule has 0 spiro atoms. The fraction of sp³-hybridized carbons (Fsp3) is 0.667. The molecule has 2 N–H and O–H groups in total. The van der Waals surface area contributed by atoms with E-state index < -0.39 is 0 Å². The Kier molecular flexibility index (Phi) is 3.63. The van der Waals surface area contributed by atoms with Crippen LogP contribution in [0.2, 0.25) is 0 Å². The molecule has 4 nitrogen and oxygen atoms in total. The monoisotopic (exact) mass is 225 g/mol. The molecular formula is C12H19NO3. The molecule has 1 saturated heterocycles.